The third-order valence-corrected chi connectivity index (χ3v) is 6.66. The van der Waals surface area contributed by atoms with Crippen molar-refractivity contribution < 1.29 is 9.59 Å². The highest BCUT2D eigenvalue weighted by Crippen LogP contribution is 2.38. The number of likely N-dealkylation sites (tertiary alicyclic amines) is 3. The van der Waals surface area contributed by atoms with Crippen LogP contribution < -0.4 is 5.32 Å². The molecular formula is C19H29N5O2. The zero-order chi connectivity index (χ0) is 18.1. The normalized spacial score (nSPS) is 33.6. The van der Waals surface area contributed by atoms with Gasteiger partial charge in [-0.3, -0.25) is 4.79 Å². The first-order chi connectivity index (χ1) is 12.7. The van der Waals surface area contributed by atoms with E-state index in [0.717, 1.165) is 64.7 Å². The summed E-state index contributed by atoms with van der Waals surface area (Å²) in [7, 11) is 0. The van der Waals surface area contributed by atoms with Crippen LogP contribution in [0.15, 0.2) is 0 Å². The summed E-state index contributed by atoms with van der Waals surface area (Å²) >= 11 is 0. The molecule has 0 bridgehead atoms. The molecule has 1 N–H and O–H groups in total. The zero-order valence-electron chi connectivity index (χ0n) is 15.4. The van der Waals surface area contributed by atoms with Crippen molar-refractivity contribution in [2.75, 3.05) is 39.3 Å². The lowest BCUT2D eigenvalue weighted by Gasteiger charge is -2.25. The van der Waals surface area contributed by atoms with E-state index in [1.807, 2.05) is 9.80 Å². The monoisotopic (exact) mass is 359 g/mol. The highest BCUT2D eigenvalue weighted by atomic mass is 16.2. The Hall–Kier alpha value is -1.81. The van der Waals surface area contributed by atoms with Gasteiger partial charge in [0.1, 0.15) is 6.04 Å². The van der Waals surface area contributed by atoms with Gasteiger partial charge in [0, 0.05) is 38.8 Å². The summed E-state index contributed by atoms with van der Waals surface area (Å²) in [6.45, 7) is 4.61. The molecule has 4 rings (SSSR count). The lowest BCUT2D eigenvalue weighted by Crippen LogP contribution is -2.44. The predicted molar refractivity (Wildman–Crippen MR) is 96.1 cm³/mol. The molecule has 7 heteroatoms. The lowest BCUT2D eigenvalue weighted by atomic mass is 10.0. The number of hydrogen-bond acceptors (Lipinski definition) is 4. The number of carbonyl (C=O) groups is 2. The summed E-state index contributed by atoms with van der Waals surface area (Å²) < 4.78 is 0. The third-order valence-electron chi connectivity index (χ3n) is 6.66. The van der Waals surface area contributed by atoms with Crippen LogP contribution in [-0.4, -0.2) is 78.0 Å². The molecule has 4 aliphatic rings. The Morgan fingerprint density at radius 3 is 2.35 bits per heavy atom. The molecule has 0 spiro atoms. The van der Waals surface area contributed by atoms with E-state index in [4.69, 9.17) is 5.26 Å². The predicted octanol–water partition coefficient (Wildman–Crippen LogP) is 1.02. The summed E-state index contributed by atoms with van der Waals surface area (Å²) in [5.41, 5.74) is 0. The van der Waals surface area contributed by atoms with Crippen molar-refractivity contribution in [2.45, 2.75) is 50.6 Å². The Balaban J connectivity index is 1.22. The van der Waals surface area contributed by atoms with Gasteiger partial charge in [-0.05, 0) is 50.4 Å². The van der Waals surface area contributed by atoms with Crippen LogP contribution in [0.5, 0.6) is 0 Å². The number of nitrogens with one attached hydrogen (secondary N) is 1. The maximum atomic E-state index is 12.5. The quantitative estimate of drug-likeness (QED) is 0.816. The molecule has 0 aromatic carbocycles. The number of fused-ring (bicyclic) bond motifs is 1. The number of rotatable bonds is 3. The minimum atomic E-state index is -0.239. The van der Waals surface area contributed by atoms with Gasteiger partial charge in [-0.25, -0.2) is 4.79 Å². The van der Waals surface area contributed by atoms with Crippen molar-refractivity contribution in [3.63, 3.8) is 0 Å². The summed E-state index contributed by atoms with van der Waals surface area (Å²) in [4.78, 5) is 30.7. The molecule has 4 atom stereocenters. The molecule has 26 heavy (non-hydrogen) atoms. The van der Waals surface area contributed by atoms with Gasteiger partial charge in [-0.1, -0.05) is 0 Å². The first-order valence-corrected chi connectivity index (χ1v) is 10.1. The fourth-order valence-electron chi connectivity index (χ4n) is 5.26. The van der Waals surface area contributed by atoms with Gasteiger partial charge in [0.15, 0.2) is 0 Å². The molecule has 3 heterocycles. The van der Waals surface area contributed by atoms with E-state index >= 15 is 0 Å². The van der Waals surface area contributed by atoms with Crippen LogP contribution in [-0.2, 0) is 4.79 Å². The lowest BCUT2D eigenvalue weighted by molar-refractivity contribution is -0.130. The number of hydrogen-bond donors (Lipinski definition) is 1. The molecule has 0 aromatic heterocycles. The number of nitriles is 1. The minimum absolute atomic E-state index is 0.0527. The molecule has 1 aliphatic carbocycles. The highest BCUT2D eigenvalue weighted by molar-refractivity contribution is 5.79. The van der Waals surface area contributed by atoms with E-state index in [9.17, 15) is 9.59 Å². The zero-order valence-corrected chi connectivity index (χ0v) is 15.4. The van der Waals surface area contributed by atoms with Crippen LogP contribution in [0.4, 0.5) is 4.79 Å². The van der Waals surface area contributed by atoms with Crippen LogP contribution in [0.1, 0.15) is 38.5 Å². The van der Waals surface area contributed by atoms with Gasteiger partial charge in [-0.15, -0.1) is 0 Å². The smallest absolute Gasteiger partial charge is 0.320 e. The molecule has 0 radical (unpaired) electrons. The average Bonchev–Trinajstić information content (AvgIpc) is 3.42. The Labute approximate surface area is 155 Å². The summed E-state index contributed by atoms with van der Waals surface area (Å²) in [5.74, 6) is 1.18. The van der Waals surface area contributed by atoms with Crippen LogP contribution in [0.25, 0.3) is 0 Å². The summed E-state index contributed by atoms with van der Waals surface area (Å²) in [5, 5.41) is 12.5. The number of carbonyl (C=O) groups excluding carboxylic acids is 2. The highest BCUT2D eigenvalue weighted by Gasteiger charge is 2.43. The van der Waals surface area contributed by atoms with E-state index in [2.05, 4.69) is 11.4 Å². The maximum Gasteiger partial charge on any atom is 0.320 e. The van der Waals surface area contributed by atoms with Crippen molar-refractivity contribution in [1.82, 2.24) is 20.0 Å². The van der Waals surface area contributed by atoms with Gasteiger partial charge in [0.05, 0.1) is 12.6 Å². The molecule has 1 unspecified atom stereocenters. The summed E-state index contributed by atoms with van der Waals surface area (Å²) in [6, 6.07) is 2.58. The van der Waals surface area contributed by atoms with Crippen LogP contribution in [0.3, 0.4) is 0 Å². The SMILES string of the molecule is N#C[C@@H]1CCCN1C(=O)CNC1C[C@@H]2CN(C(=O)N3CCCC3)C[C@@H]2C1. The number of amides is 3. The Morgan fingerprint density at radius 2 is 1.69 bits per heavy atom. The van der Waals surface area contributed by atoms with E-state index < -0.39 is 0 Å². The first-order valence-electron chi connectivity index (χ1n) is 10.1. The Morgan fingerprint density at radius 1 is 1.00 bits per heavy atom. The number of urea groups is 1. The van der Waals surface area contributed by atoms with Gasteiger partial charge >= 0.3 is 6.03 Å². The van der Waals surface area contributed by atoms with Crippen molar-refractivity contribution in [1.29, 1.82) is 5.26 Å². The number of nitrogens with zero attached hydrogens (tertiary/aromatic N) is 4. The van der Waals surface area contributed by atoms with E-state index in [0.29, 0.717) is 31.0 Å². The van der Waals surface area contributed by atoms with Gasteiger partial charge in [0.25, 0.3) is 0 Å². The molecule has 7 nitrogen and oxygen atoms in total. The second kappa shape index (κ2) is 7.43. The van der Waals surface area contributed by atoms with Crippen molar-refractivity contribution in [2.24, 2.45) is 11.8 Å². The topological polar surface area (TPSA) is 79.7 Å². The molecule has 3 aliphatic heterocycles. The Bertz CT molecular complexity index is 583. The van der Waals surface area contributed by atoms with Crippen LogP contribution >= 0.6 is 0 Å². The molecular weight excluding hydrogens is 330 g/mol. The maximum absolute atomic E-state index is 12.5. The van der Waals surface area contributed by atoms with Crippen LogP contribution in [0.2, 0.25) is 0 Å². The third kappa shape index (κ3) is 3.39. The molecule has 1 saturated carbocycles. The second-order valence-electron chi connectivity index (χ2n) is 8.33. The molecule has 4 fully saturated rings. The van der Waals surface area contributed by atoms with Gasteiger partial charge in [0.2, 0.25) is 5.91 Å². The first kappa shape index (κ1) is 17.6. The van der Waals surface area contributed by atoms with E-state index in [-0.39, 0.29) is 18.0 Å². The summed E-state index contributed by atoms with van der Waals surface area (Å²) in [6.07, 6.45) is 6.09. The van der Waals surface area contributed by atoms with E-state index in [1.165, 1.54) is 0 Å². The minimum Gasteiger partial charge on any atom is -0.326 e. The van der Waals surface area contributed by atoms with Crippen molar-refractivity contribution in [3.05, 3.63) is 0 Å². The molecule has 3 saturated heterocycles. The standard InChI is InChI=1S/C19H29N5O2/c20-10-17-4-3-7-24(17)18(25)11-21-16-8-14-12-23(13-15(14)9-16)19(26)22-5-1-2-6-22/h14-17,21H,1-9,11-13H2/t14-,15+,16?,17-/m0/s1. The second-order valence-corrected chi connectivity index (χ2v) is 8.33. The molecule has 0 aromatic rings. The average molecular weight is 359 g/mol. The molecule has 3 amide bonds. The van der Waals surface area contributed by atoms with Gasteiger partial charge < -0.3 is 20.0 Å². The Kier molecular flexibility index (Phi) is 5.03. The fourth-order valence-corrected chi connectivity index (χ4v) is 5.26. The van der Waals surface area contributed by atoms with Gasteiger partial charge in [-0.2, -0.15) is 5.26 Å². The molecule has 142 valence electrons. The van der Waals surface area contributed by atoms with Crippen molar-refractivity contribution >= 4 is 11.9 Å². The van der Waals surface area contributed by atoms with Crippen LogP contribution in [0, 0.1) is 23.2 Å². The van der Waals surface area contributed by atoms with E-state index in [1.54, 1.807) is 4.90 Å². The largest absolute Gasteiger partial charge is 0.326 e. The fraction of sp³-hybridized carbons (Fsp3) is 0.842. The van der Waals surface area contributed by atoms with Crippen molar-refractivity contribution in [3.8, 4) is 6.07 Å².